The molecule has 3 amide bonds. The zero-order valence-corrected chi connectivity index (χ0v) is 22.2. The van der Waals surface area contributed by atoms with Gasteiger partial charge in [-0.3, -0.25) is 24.0 Å². The zero-order chi connectivity index (χ0) is 27.8. The van der Waals surface area contributed by atoms with Crippen LogP contribution in [0, 0.1) is 11.8 Å². The molecule has 0 spiro atoms. The van der Waals surface area contributed by atoms with Crippen LogP contribution in [0.5, 0.6) is 5.75 Å². The average Bonchev–Trinajstić information content (AvgIpc) is 3.51. The number of carbonyl (C=O) groups is 5. The van der Waals surface area contributed by atoms with E-state index in [1.54, 1.807) is 32.2 Å². The number of Topliss-reactive ketones (excluding diaryl/α,β-unsaturated/α-hetero) is 1. The van der Waals surface area contributed by atoms with Crippen molar-refractivity contribution in [2.75, 3.05) is 20.3 Å². The molecule has 1 saturated heterocycles. The standard InChI is InChI=1S/C27H36N4O7/c1-5-24(33)38-14-22(32)19(12-16-9-10-28-25(16)34)30-26(35)20(11-15(2)3)31-27(36)21-13-17-18(29-21)7-6-8-23(17)37-4/h6-8,13,15-16,19-20,29H,5,9-12,14H2,1-4H3,(H,28,34)(H,30,35)(H,31,36)/t16-,19-,20-/m0/s1. The number of fused-ring (bicyclic) bond motifs is 1. The van der Waals surface area contributed by atoms with E-state index in [4.69, 9.17) is 9.47 Å². The van der Waals surface area contributed by atoms with Crippen LogP contribution in [0.4, 0.5) is 0 Å². The number of rotatable bonds is 13. The first kappa shape index (κ1) is 28.7. The van der Waals surface area contributed by atoms with Crippen molar-refractivity contribution in [1.29, 1.82) is 0 Å². The quantitative estimate of drug-likeness (QED) is 0.289. The van der Waals surface area contributed by atoms with Crippen molar-refractivity contribution < 1.29 is 33.4 Å². The molecule has 2 aromatic rings. The summed E-state index contributed by atoms with van der Waals surface area (Å²) in [5, 5.41) is 8.93. The maximum absolute atomic E-state index is 13.4. The van der Waals surface area contributed by atoms with Crippen molar-refractivity contribution in [1.82, 2.24) is 20.9 Å². The third kappa shape index (κ3) is 7.33. The summed E-state index contributed by atoms with van der Waals surface area (Å²) in [6.45, 7) is 5.41. The fraction of sp³-hybridized carbons (Fsp3) is 0.519. The van der Waals surface area contributed by atoms with Gasteiger partial charge in [-0.15, -0.1) is 0 Å². The van der Waals surface area contributed by atoms with Crippen LogP contribution in [-0.2, 0) is 23.9 Å². The average molecular weight is 529 g/mol. The predicted octanol–water partition coefficient (Wildman–Crippen LogP) is 1.85. The van der Waals surface area contributed by atoms with Crippen molar-refractivity contribution in [3.05, 3.63) is 30.0 Å². The molecular formula is C27H36N4O7. The van der Waals surface area contributed by atoms with Crippen molar-refractivity contribution in [3.8, 4) is 5.75 Å². The molecule has 11 nitrogen and oxygen atoms in total. The van der Waals surface area contributed by atoms with Crippen LogP contribution < -0.4 is 20.7 Å². The second-order valence-electron chi connectivity index (χ2n) is 9.81. The monoisotopic (exact) mass is 528 g/mol. The molecule has 1 aliphatic heterocycles. The van der Waals surface area contributed by atoms with Crippen LogP contribution in [0.3, 0.4) is 0 Å². The Hall–Kier alpha value is -3.89. The summed E-state index contributed by atoms with van der Waals surface area (Å²) in [5.41, 5.74) is 0.967. The van der Waals surface area contributed by atoms with Gasteiger partial charge in [-0.2, -0.15) is 0 Å². The number of nitrogens with one attached hydrogen (secondary N) is 4. The topological polar surface area (TPSA) is 156 Å². The number of hydrogen-bond acceptors (Lipinski definition) is 7. The number of aromatic amines is 1. The molecule has 0 radical (unpaired) electrons. The Bertz CT molecular complexity index is 1190. The molecule has 0 saturated carbocycles. The highest BCUT2D eigenvalue weighted by molar-refractivity contribution is 6.02. The van der Waals surface area contributed by atoms with Gasteiger partial charge < -0.3 is 30.4 Å². The summed E-state index contributed by atoms with van der Waals surface area (Å²) in [4.78, 5) is 66.1. The highest BCUT2D eigenvalue weighted by atomic mass is 16.5. The summed E-state index contributed by atoms with van der Waals surface area (Å²) >= 11 is 0. The molecule has 0 aliphatic carbocycles. The molecule has 2 heterocycles. The van der Waals surface area contributed by atoms with Crippen molar-refractivity contribution in [2.24, 2.45) is 11.8 Å². The smallest absolute Gasteiger partial charge is 0.305 e. The van der Waals surface area contributed by atoms with E-state index in [1.807, 2.05) is 19.9 Å². The molecule has 1 fully saturated rings. The molecule has 3 rings (SSSR count). The second-order valence-corrected chi connectivity index (χ2v) is 9.81. The molecule has 38 heavy (non-hydrogen) atoms. The Morgan fingerprint density at radius 3 is 2.53 bits per heavy atom. The van der Waals surface area contributed by atoms with E-state index in [-0.39, 0.29) is 30.4 Å². The van der Waals surface area contributed by atoms with Crippen LogP contribution in [0.2, 0.25) is 0 Å². The van der Waals surface area contributed by atoms with Gasteiger partial charge >= 0.3 is 5.97 Å². The third-order valence-corrected chi connectivity index (χ3v) is 6.47. The third-order valence-electron chi connectivity index (χ3n) is 6.47. The summed E-state index contributed by atoms with van der Waals surface area (Å²) in [5.74, 6) is -2.09. The molecular weight excluding hydrogens is 492 g/mol. The Morgan fingerprint density at radius 1 is 1.13 bits per heavy atom. The van der Waals surface area contributed by atoms with Crippen LogP contribution in [0.25, 0.3) is 10.9 Å². The Kier molecular flexibility index (Phi) is 9.86. The molecule has 1 aromatic heterocycles. The fourth-order valence-electron chi connectivity index (χ4n) is 4.42. The summed E-state index contributed by atoms with van der Waals surface area (Å²) in [7, 11) is 1.54. The Labute approximate surface area is 221 Å². The lowest BCUT2D eigenvalue weighted by Crippen LogP contribution is -2.53. The number of methoxy groups -OCH3 is 1. The van der Waals surface area contributed by atoms with Gasteiger partial charge in [0, 0.05) is 29.8 Å². The first-order chi connectivity index (χ1) is 18.1. The van der Waals surface area contributed by atoms with E-state index in [0.29, 0.717) is 30.7 Å². The van der Waals surface area contributed by atoms with Gasteiger partial charge in [0.05, 0.1) is 13.2 Å². The summed E-state index contributed by atoms with van der Waals surface area (Å²) in [6, 6.07) is 5.06. The van der Waals surface area contributed by atoms with Crippen molar-refractivity contribution in [2.45, 2.75) is 58.5 Å². The predicted molar refractivity (Wildman–Crippen MR) is 139 cm³/mol. The fourth-order valence-corrected chi connectivity index (χ4v) is 4.42. The first-order valence-corrected chi connectivity index (χ1v) is 12.9. The lowest BCUT2D eigenvalue weighted by molar-refractivity contribution is -0.148. The van der Waals surface area contributed by atoms with Crippen LogP contribution in [-0.4, -0.2) is 66.8 Å². The van der Waals surface area contributed by atoms with Gasteiger partial charge in [-0.1, -0.05) is 26.8 Å². The van der Waals surface area contributed by atoms with E-state index in [2.05, 4.69) is 20.9 Å². The Morgan fingerprint density at radius 2 is 1.89 bits per heavy atom. The lowest BCUT2D eigenvalue weighted by Gasteiger charge is -2.25. The maximum Gasteiger partial charge on any atom is 0.305 e. The van der Waals surface area contributed by atoms with E-state index in [1.165, 1.54) is 0 Å². The van der Waals surface area contributed by atoms with Gasteiger partial charge in [-0.05, 0) is 43.4 Å². The normalized spacial score (nSPS) is 16.6. The minimum Gasteiger partial charge on any atom is -0.496 e. The molecule has 0 unspecified atom stereocenters. The first-order valence-electron chi connectivity index (χ1n) is 12.9. The SMILES string of the molecule is CCC(=O)OCC(=O)[C@H](C[C@@H]1CCNC1=O)NC(=O)[C@H](CC(C)C)NC(=O)c1cc2c(OC)cccc2[nH]1. The highest BCUT2D eigenvalue weighted by Crippen LogP contribution is 2.26. The second kappa shape index (κ2) is 13.1. The number of benzene rings is 1. The van der Waals surface area contributed by atoms with Crippen molar-refractivity contribution in [3.63, 3.8) is 0 Å². The van der Waals surface area contributed by atoms with Gasteiger partial charge in [0.15, 0.2) is 12.4 Å². The highest BCUT2D eigenvalue weighted by Gasteiger charge is 2.33. The number of hydrogen-bond donors (Lipinski definition) is 4. The van der Waals surface area contributed by atoms with Gasteiger partial charge in [0.2, 0.25) is 11.8 Å². The summed E-state index contributed by atoms with van der Waals surface area (Å²) in [6.07, 6.45) is 1.03. The molecule has 11 heteroatoms. The number of amides is 3. The van der Waals surface area contributed by atoms with E-state index < -0.39 is 48.2 Å². The number of esters is 1. The molecule has 0 bridgehead atoms. The van der Waals surface area contributed by atoms with Gasteiger partial charge in [0.25, 0.3) is 5.91 Å². The molecule has 4 N–H and O–H groups in total. The minimum atomic E-state index is -1.05. The van der Waals surface area contributed by atoms with Crippen molar-refractivity contribution >= 4 is 40.4 Å². The number of ether oxygens (including phenoxy) is 2. The number of carbonyl (C=O) groups excluding carboxylic acids is 5. The maximum atomic E-state index is 13.4. The lowest BCUT2D eigenvalue weighted by atomic mass is 9.95. The largest absolute Gasteiger partial charge is 0.496 e. The van der Waals surface area contributed by atoms with Crippen LogP contribution in [0.15, 0.2) is 24.3 Å². The number of ketones is 1. The number of H-pyrrole nitrogens is 1. The van der Waals surface area contributed by atoms with E-state index >= 15 is 0 Å². The molecule has 206 valence electrons. The number of aromatic nitrogens is 1. The minimum absolute atomic E-state index is 0.0501. The van der Waals surface area contributed by atoms with Crippen LogP contribution in [0.1, 0.15) is 56.9 Å². The molecule has 1 aliphatic rings. The van der Waals surface area contributed by atoms with E-state index in [9.17, 15) is 24.0 Å². The molecule has 1 aromatic carbocycles. The zero-order valence-electron chi connectivity index (χ0n) is 22.2. The van der Waals surface area contributed by atoms with E-state index in [0.717, 1.165) is 5.39 Å². The van der Waals surface area contributed by atoms with Crippen LogP contribution >= 0.6 is 0 Å². The van der Waals surface area contributed by atoms with Gasteiger partial charge in [-0.25, -0.2) is 0 Å². The summed E-state index contributed by atoms with van der Waals surface area (Å²) < 4.78 is 10.3. The molecule has 3 atom stereocenters. The van der Waals surface area contributed by atoms with Gasteiger partial charge in [0.1, 0.15) is 17.5 Å². The Balaban J connectivity index is 1.76.